The average Bonchev–Trinajstić information content (AvgIpc) is 3.16. The number of hydrogen-bond donors (Lipinski definition) is 1. The fourth-order valence-corrected chi connectivity index (χ4v) is 3.40. The van der Waals surface area contributed by atoms with Crippen LogP contribution in [-0.4, -0.2) is 42.7 Å². The molecule has 1 fully saturated rings. The monoisotopic (exact) mass is 474 g/mol. The largest absolute Gasteiger partial charge is 0.491 e. The molecule has 3 rings (SSSR count). The first-order chi connectivity index (χ1) is 15.3. The second kappa shape index (κ2) is 8.82. The van der Waals surface area contributed by atoms with Crippen molar-refractivity contribution in [3.05, 3.63) is 58.7 Å². The molecule has 0 spiro atoms. The zero-order chi connectivity index (χ0) is 24.6. The van der Waals surface area contributed by atoms with Gasteiger partial charge in [0, 0.05) is 5.69 Å². The van der Waals surface area contributed by atoms with Crippen molar-refractivity contribution in [2.45, 2.75) is 31.6 Å². The van der Waals surface area contributed by atoms with Crippen molar-refractivity contribution >= 4 is 11.7 Å². The lowest BCUT2D eigenvalue weighted by atomic mass is 10.1. The average molecular weight is 474 g/mol. The van der Waals surface area contributed by atoms with Crippen LogP contribution in [0.15, 0.2) is 36.4 Å². The third kappa shape index (κ3) is 5.31. The summed E-state index contributed by atoms with van der Waals surface area (Å²) in [4.78, 5) is 11.7. The van der Waals surface area contributed by atoms with Crippen molar-refractivity contribution in [3.8, 4) is 11.8 Å². The summed E-state index contributed by atoms with van der Waals surface area (Å²) in [5.41, 5.74) is -2.07. The van der Waals surface area contributed by atoms with Crippen LogP contribution < -0.4 is 9.64 Å². The van der Waals surface area contributed by atoms with E-state index in [1.165, 1.54) is 31.2 Å². The molecule has 2 aromatic rings. The molecular weight excluding hydrogens is 458 g/mol. The Morgan fingerprint density at radius 3 is 2.45 bits per heavy atom. The summed E-state index contributed by atoms with van der Waals surface area (Å²) in [6.07, 6.45) is -13.5. The number of alkyl halides is 6. The number of carboxylic acid groups (broad SMARTS) is 1. The van der Waals surface area contributed by atoms with Crippen LogP contribution in [0.2, 0.25) is 0 Å². The fourth-order valence-electron chi connectivity index (χ4n) is 3.40. The van der Waals surface area contributed by atoms with Crippen molar-refractivity contribution in [1.82, 2.24) is 0 Å². The van der Waals surface area contributed by atoms with Gasteiger partial charge < -0.3 is 19.5 Å². The van der Waals surface area contributed by atoms with E-state index in [2.05, 4.69) is 0 Å². The van der Waals surface area contributed by atoms with Gasteiger partial charge in [-0.3, -0.25) is 0 Å². The predicted octanol–water partition coefficient (Wildman–Crippen LogP) is 4.76. The van der Waals surface area contributed by atoms with Crippen molar-refractivity contribution in [1.29, 1.82) is 5.26 Å². The van der Waals surface area contributed by atoms with E-state index in [1.54, 1.807) is 0 Å². The summed E-state index contributed by atoms with van der Waals surface area (Å²) in [7, 11) is 0. The van der Waals surface area contributed by atoms with Gasteiger partial charge in [0.15, 0.2) is 0 Å². The number of halogens is 6. The number of aromatic carboxylic acids is 1. The van der Waals surface area contributed by atoms with Crippen LogP contribution in [0.1, 0.15) is 27.0 Å². The van der Waals surface area contributed by atoms with Gasteiger partial charge in [-0.15, -0.1) is 0 Å². The number of ether oxygens (including phenoxy) is 2. The maximum atomic E-state index is 13.5. The smallest absolute Gasteiger partial charge is 0.433 e. The Bertz CT molecular complexity index is 1090. The number of nitrogens with zero attached hydrogens (tertiary/aromatic N) is 2. The zero-order valence-electron chi connectivity index (χ0n) is 16.9. The Morgan fingerprint density at radius 2 is 1.91 bits per heavy atom. The number of benzene rings is 2. The van der Waals surface area contributed by atoms with Crippen molar-refractivity contribution in [2.24, 2.45) is 0 Å². The highest BCUT2D eigenvalue weighted by Gasteiger charge is 2.51. The lowest BCUT2D eigenvalue weighted by Crippen LogP contribution is -2.42. The number of nitriles is 1. The molecule has 6 nitrogen and oxygen atoms in total. The van der Waals surface area contributed by atoms with Gasteiger partial charge in [-0.05, 0) is 48.9 Å². The summed E-state index contributed by atoms with van der Waals surface area (Å²) in [6, 6.07) is 7.67. The summed E-state index contributed by atoms with van der Waals surface area (Å²) in [5, 5.41) is 17.9. The van der Waals surface area contributed by atoms with Gasteiger partial charge in [0.25, 0.3) is 0 Å². The first kappa shape index (κ1) is 24.2. The van der Waals surface area contributed by atoms with Crippen molar-refractivity contribution < 1.29 is 45.7 Å². The molecule has 0 saturated carbocycles. The van der Waals surface area contributed by atoms with Gasteiger partial charge in [-0.2, -0.15) is 31.6 Å². The van der Waals surface area contributed by atoms with Crippen LogP contribution in [-0.2, 0) is 10.9 Å². The molecule has 0 aromatic heterocycles. The normalized spacial score (nSPS) is 18.8. The topological polar surface area (TPSA) is 82.8 Å². The number of hydrogen-bond acceptors (Lipinski definition) is 5. The highest BCUT2D eigenvalue weighted by Crippen LogP contribution is 2.39. The molecule has 33 heavy (non-hydrogen) atoms. The molecule has 0 aliphatic carbocycles. The highest BCUT2D eigenvalue weighted by molar-refractivity contribution is 5.89. The summed E-state index contributed by atoms with van der Waals surface area (Å²) < 4.78 is 90.8. The molecule has 2 aromatic carbocycles. The molecule has 1 heterocycles. The van der Waals surface area contributed by atoms with E-state index < -0.39 is 54.0 Å². The Labute approximate surface area is 183 Å². The predicted molar refractivity (Wildman–Crippen MR) is 102 cm³/mol. The molecule has 0 bridgehead atoms. The Kier molecular flexibility index (Phi) is 6.46. The quantitative estimate of drug-likeness (QED) is 0.630. The third-order valence-corrected chi connectivity index (χ3v) is 4.91. The van der Waals surface area contributed by atoms with E-state index in [9.17, 15) is 31.1 Å². The molecule has 176 valence electrons. The molecule has 1 saturated heterocycles. The first-order valence-electron chi connectivity index (χ1n) is 9.38. The molecule has 0 amide bonds. The van der Waals surface area contributed by atoms with Gasteiger partial charge in [0.1, 0.15) is 18.5 Å². The maximum Gasteiger partial charge on any atom is 0.433 e. The van der Waals surface area contributed by atoms with E-state index in [0.717, 1.165) is 12.1 Å². The standard InChI is InChI=1S/C21H16F6N2O4/c1-11-6-14(4-5-16(11)18(30)31)32-10-15-9-29(19(33-15)21(25,26)27)13-3-2-12(8-28)17(7-13)20(22,23)24/h2-7,15,19H,9-10H2,1H3,(H,30,31)/t15-,19+/m0/s1. The van der Waals surface area contributed by atoms with Crippen molar-refractivity contribution in [3.63, 3.8) is 0 Å². The maximum absolute atomic E-state index is 13.5. The molecule has 0 radical (unpaired) electrons. The van der Waals surface area contributed by atoms with Gasteiger partial charge in [-0.25, -0.2) is 4.79 Å². The van der Waals surface area contributed by atoms with Gasteiger partial charge in [0.2, 0.25) is 6.23 Å². The fraction of sp³-hybridized carbons (Fsp3) is 0.333. The Morgan fingerprint density at radius 1 is 1.21 bits per heavy atom. The van der Waals surface area contributed by atoms with E-state index in [-0.39, 0.29) is 17.9 Å². The second-order valence-corrected chi connectivity index (χ2v) is 7.24. The Balaban J connectivity index is 1.82. The van der Waals surface area contributed by atoms with Crippen LogP contribution in [0, 0.1) is 18.3 Å². The lowest BCUT2D eigenvalue weighted by molar-refractivity contribution is -0.215. The molecule has 0 unspecified atom stereocenters. The second-order valence-electron chi connectivity index (χ2n) is 7.24. The van der Waals surface area contributed by atoms with E-state index in [0.29, 0.717) is 16.5 Å². The van der Waals surface area contributed by atoms with E-state index >= 15 is 0 Å². The number of aryl methyl sites for hydroxylation is 1. The first-order valence-corrected chi connectivity index (χ1v) is 9.38. The molecule has 1 N–H and O–H groups in total. The minimum absolute atomic E-state index is 0.0315. The minimum atomic E-state index is -4.93. The number of rotatable bonds is 5. The summed E-state index contributed by atoms with van der Waals surface area (Å²) >= 11 is 0. The zero-order valence-corrected chi connectivity index (χ0v) is 16.9. The molecular formula is C21H16F6N2O4. The number of carboxylic acids is 1. The number of anilines is 1. The summed E-state index contributed by atoms with van der Waals surface area (Å²) in [5.74, 6) is -0.955. The minimum Gasteiger partial charge on any atom is -0.491 e. The van der Waals surface area contributed by atoms with E-state index in [1.807, 2.05) is 0 Å². The van der Waals surface area contributed by atoms with Crippen molar-refractivity contribution in [2.75, 3.05) is 18.1 Å². The highest BCUT2D eigenvalue weighted by atomic mass is 19.4. The van der Waals surface area contributed by atoms with Crippen LogP contribution in [0.4, 0.5) is 32.0 Å². The summed E-state index contributed by atoms with van der Waals surface area (Å²) in [6.45, 7) is 0.726. The SMILES string of the molecule is Cc1cc(OC[C@@H]2CN(c3ccc(C#N)c(C(F)(F)F)c3)[C@@H](C(F)(F)F)O2)ccc1C(=O)O. The van der Waals surface area contributed by atoms with Gasteiger partial charge >= 0.3 is 18.3 Å². The van der Waals surface area contributed by atoms with Crippen LogP contribution in [0.5, 0.6) is 5.75 Å². The van der Waals surface area contributed by atoms with E-state index in [4.69, 9.17) is 19.8 Å². The lowest BCUT2D eigenvalue weighted by Gasteiger charge is -2.27. The van der Waals surface area contributed by atoms with Crippen LogP contribution in [0.3, 0.4) is 0 Å². The van der Waals surface area contributed by atoms with Gasteiger partial charge in [-0.1, -0.05) is 0 Å². The molecule has 1 aliphatic heterocycles. The number of carbonyl (C=O) groups is 1. The third-order valence-electron chi connectivity index (χ3n) is 4.91. The Hall–Kier alpha value is -3.46. The molecule has 1 aliphatic rings. The molecule has 12 heteroatoms. The van der Waals surface area contributed by atoms with Crippen LogP contribution in [0.25, 0.3) is 0 Å². The van der Waals surface area contributed by atoms with Gasteiger partial charge in [0.05, 0.1) is 29.3 Å². The molecule has 2 atom stereocenters. The van der Waals surface area contributed by atoms with Crippen LogP contribution >= 0.6 is 0 Å².